The first-order valence-electron chi connectivity index (χ1n) is 7.96. The van der Waals surface area contributed by atoms with Crippen molar-refractivity contribution in [3.63, 3.8) is 0 Å². The minimum Gasteiger partial charge on any atom is -0.296 e. The van der Waals surface area contributed by atoms with E-state index in [0.29, 0.717) is 17.5 Å². The van der Waals surface area contributed by atoms with Crippen molar-refractivity contribution in [2.75, 3.05) is 13.1 Å². The fourth-order valence-electron chi connectivity index (χ4n) is 4.44. The molecule has 3 nitrogen and oxygen atoms in total. The summed E-state index contributed by atoms with van der Waals surface area (Å²) >= 11 is 0. The normalized spacial score (nSPS) is 27.5. The van der Waals surface area contributed by atoms with Crippen LogP contribution in [-0.2, 0) is 0 Å². The molecule has 2 atom stereocenters. The molecule has 106 valence electrons. The van der Waals surface area contributed by atoms with Crippen molar-refractivity contribution in [3.8, 4) is 0 Å². The highest BCUT2D eigenvalue weighted by atomic mass is 15.3. The Hall–Kier alpha value is -0.120. The van der Waals surface area contributed by atoms with Crippen molar-refractivity contribution < 1.29 is 0 Å². The smallest absolute Gasteiger partial charge is 0.0420 e. The van der Waals surface area contributed by atoms with E-state index >= 15 is 0 Å². The van der Waals surface area contributed by atoms with Gasteiger partial charge in [-0.3, -0.25) is 16.2 Å². The highest BCUT2D eigenvalue weighted by Gasteiger charge is 2.47. The van der Waals surface area contributed by atoms with Gasteiger partial charge < -0.3 is 0 Å². The summed E-state index contributed by atoms with van der Waals surface area (Å²) in [6, 6.07) is 0.470. The Morgan fingerprint density at radius 3 is 2.28 bits per heavy atom. The Kier molecular flexibility index (Phi) is 5.05. The van der Waals surface area contributed by atoms with E-state index in [1.54, 1.807) is 0 Å². The quantitative estimate of drug-likeness (QED) is 0.565. The molecule has 1 heterocycles. The number of hydrazine groups is 1. The van der Waals surface area contributed by atoms with Crippen LogP contribution in [0, 0.1) is 5.92 Å². The highest BCUT2D eigenvalue weighted by molar-refractivity contribution is 5.05. The van der Waals surface area contributed by atoms with Crippen molar-refractivity contribution in [2.45, 2.75) is 76.8 Å². The molecule has 1 aliphatic heterocycles. The first kappa shape index (κ1) is 14.3. The van der Waals surface area contributed by atoms with Crippen LogP contribution in [0.3, 0.4) is 0 Å². The first-order valence-corrected chi connectivity index (χ1v) is 7.96. The van der Waals surface area contributed by atoms with Gasteiger partial charge in [-0.15, -0.1) is 0 Å². The zero-order chi connectivity index (χ0) is 13.0. The lowest BCUT2D eigenvalue weighted by Crippen LogP contribution is -2.63. The largest absolute Gasteiger partial charge is 0.296 e. The fourth-order valence-corrected chi connectivity index (χ4v) is 4.44. The summed E-state index contributed by atoms with van der Waals surface area (Å²) in [6.07, 6.45) is 10.7. The summed E-state index contributed by atoms with van der Waals surface area (Å²) in [5.41, 5.74) is 3.57. The van der Waals surface area contributed by atoms with E-state index in [9.17, 15) is 0 Å². The molecular weight excluding hydrogens is 222 g/mol. The second-order valence-corrected chi connectivity index (χ2v) is 6.42. The lowest BCUT2D eigenvalue weighted by molar-refractivity contribution is 0.0517. The molecule has 0 spiro atoms. The summed E-state index contributed by atoms with van der Waals surface area (Å²) in [5.74, 6) is 6.64. The van der Waals surface area contributed by atoms with Gasteiger partial charge in [0, 0.05) is 11.6 Å². The van der Waals surface area contributed by atoms with Crippen molar-refractivity contribution in [2.24, 2.45) is 11.8 Å². The number of rotatable bonds is 6. The van der Waals surface area contributed by atoms with Crippen LogP contribution in [0.15, 0.2) is 0 Å². The second kappa shape index (κ2) is 6.36. The number of nitrogens with zero attached hydrogens (tertiary/aromatic N) is 1. The molecular formula is C15H31N3. The molecule has 2 rings (SSSR count). The summed E-state index contributed by atoms with van der Waals surface area (Å²) in [6.45, 7) is 7.24. The molecule has 2 unspecified atom stereocenters. The summed E-state index contributed by atoms with van der Waals surface area (Å²) in [5, 5.41) is 0. The van der Waals surface area contributed by atoms with E-state index in [1.165, 1.54) is 64.5 Å². The van der Waals surface area contributed by atoms with Crippen LogP contribution in [0.5, 0.6) is 0 Å². The van der Waals surface area contributed by atoms with Crippen LogP contribution >= 0.6 is 0 Å². The lowest BCUT2D eigenvalue weighted by Gasteiger charge is -2.47. The molecule has 2 fully saturated rings. The van der Waals surface area contributed by atoms with Gasteiger partial charge in [0.1, 0.15) is 0 Å². The van der Waals surface area contributed by atoms with Crippen LogP contribution in [0.2, 0.25) is 0 Å². The van der Waals surface area contributed by atoms with E-state index in [1.807, 2.05) is 0 Å². The average Bonchev–Trinajstić information content (AvgIpc) is 3.01. The molecule has 1 saturated heterocycles. The summed E-state index contributed by atoms with van der Waals surface area (Å²) in [4.78, 5) is 2.76. The fraction of sp³-hybridized carbons (Fsp3) is 1.00. The van der Waals surface area contributed by atoms with Crippen LogP contribution in [0.1, 0.15) is 65.2 Å². The van der Waals surface area contributed by atoms with Crippen LogP contribution in [0.25, 0.3) is 0 Å². The minimum absolute atomic E-state index is 0.361. The van der Waals surface area contributed by atoms with Crippen molar-refractivity contribution in [3.05, 3.63) is 0 Å². The second-order valence-electron chi connectivity index (χ2n) is 6.42. The van der Waals surface area contributed by atoms with E-state index < -0.39 is 0 Å². The molecule has 0 aromatic rings. The molecule has 2 aliphatic rings. The average molecular weight is 253 g/mol. The van der Waals surface area contributed by atoms with E-state index in [2.05, 4.69) is 24.2 Å². The van der Waals surface area contributed by atoms with Gasteiger partial charge in [0.25, 0.3) is 0 Å². The van der Waals surface area contributed by atoms with Gasteiger partial charge in [0.15, 0.2) is 0 Å². The third-order valence-corrected chi connectivity index (χ3v) is 5.28. The Labute approximate surface area is 112 Å². The Balaban J connectivity index is 2.15. The number of nitrogens with one attached hydrogen (secondary N) is 1. The number of hydrogen-bond acceptors (Lipinski definition) is 3. The zero-order valence-corrected chi connectivity index (χ0v) is 12.3. The lowest BCUT2D eigenvalue weighted by atomic mass is 9.78. The van der Waals surface area contributed by atoms with Crippen molar-refractivity contribution in [1.29, 1.82) is 0 Å². The molecule has 0 bridgehead atoms. The topological polar surface area (TPSA) is 41.3 Å². The van der Waals surface area contributed by atoms with Gasteiger partial charge >= 0.3 is 0 Å². The molecule has 1 saturated carbocycles. The maximum absolute atomic E-state index is 5.96. The van der Waals surface area contributed by atoms with E-state index in [-0.39, 0.29) is 0 Å². The van der Waals surface area contributed by atoms with Crippen LogP contribution < -0.4 is 11.3 Å². The van der Waals surface area contributed by atoms with Gasteiger partial charge in [-0.25, -0.2) is 0 Å². The predicted molar refractivity (Wildman–Crippen MR) is 77.2 cm³/mol. The van der Waals surface area contributed by atoms with Gasteiger partial charge in [-0.05, 0) is 51.1 Å². The third kappa shape index (κ3) is 2.59. The van der Waals surface area contributed by atoms with Gasteiger partial charge in [-0.2, -0.15) is 0 Å². The molecule has 0 amide bonds. The summed E-state index contributed by atoms with van der Waals surface area (Å²) < 4.78 is 0. The minimum atomic E-state index is 0.361. The maximum Gasteiger partial charge on any atom is 0.0420 e. The molecule has 18 heavy (non-hydrogen) atoms. The molecule has 0 radical (unpaired) electrons. The molecule has 0 aromatic carbocycles. The molecule has 0 aromatic heterocycles. The third-order valence-electron chi connectivity index (χ3n) is 5.28. The Bertz CT molecular complexity index is 242. The van der Waals surface area contributed by atoms with E-state index in [4.69, 9.17) is 5.84 Å². The monoisotopic (exact) mass is 253 g/mol. The number of nitrogens with two attached hydrogens (primary N) is 1. The molecule has 1 aliphatic carbocycles. The van der Waals surface area contributed by atoms with Gasteiger partial charge in [0.05, 0.1) is 0 Å². The standard InChI is InChI=1S/C15H31N3/c1-3-8-13(2)14(17-16)15(9-4-5-10-15)18-11-6-7-12-18/h13-14,17H,3-12,16H2,1-2H3. The van der Waals surface area contributed by atoms with Crippen molar-refractivity contribution >= 4 is 0 Å². The first-order chi connectivity index (χ1) is 8.74. The Morgan fingerprint density at radius 1 is 1.17 bits per heavy atom. The SMILES string of the molecule is CCCC(C)C(NN)C1(N2CCCC2)CCCC1. The zero-order valence-electron chi connectivity index (χ0n) is 12.3. The predicted octanol–water partition coefficient (Wildman–Crippen LogP) is 2.66. The molecule has 3 N–H and O–H groups in total. The molecule has 3 heteroatoms. The Morgan fingerprint density at radius 2 is 1.78 bits per heavy atom. The number of likely N-dealkylation sites (tertiary alicyclic amines) is 1. The highest BCUT2D eigenvalue weighted by Crippen LogP contribution is 2.42. The maximum atomic E-state index is 5.96. The van der Waals surface area contributed by atoms with Crippen LogP contribution in [-0.4, -0.2) is 29.6 Å². The number of hydrogen-bond donors (Lipinski definition) is 2. The van der Waals surface area contributed by atoms with Crippen molar-refractivity contribution in [1.82, 2.24) is 10.3 Å². The summed E-state index contributed by atoms with van der Waals surface area (Å²) in [7, 11) is 0. The van der Waals surface area contributed by atoms with Crippen LogP contribution in [0.4, 0.5) is 0 Å². The van der Waals surface area contributed by atoms with Gasteiger partial charge in [0.2, 0.25) is 0 Å². The van der Waals surface area contributed by atoms with Gasteiger partial charge in [-0.1, -0.05) is 33.1 Å². The van der Waals surface area contributed by atoms with E-state index in [0.717, 1.165) is 0 Å².